The molecule has 1 heterocycles. The van der Waals surface area contributed by atoms with Gasteiger partial charge in [0.2, 0.25) is 0 Å². The third kappa shape index (κ3) is 3.30. The van der Waals surface area contributed by atoms with Crippen molar-refractivity contribution in [2.45, 2.75) is 31.4 Å². The summed E-state index contributed by atoms with van der Waals surface area (Å²) in [5.74, 6) is 0.766. The zero-order valence-electron chi connectivity index (χ0n) is 9.70. The number of thiocarbonyl (C=S) groups is 1. The van der Waals surface area contributed by atoms with Crippen LogP contribution in [0.15, 0.2) is 0 Å². The maximum Gasteiger partial charge on any atom is 0.166 e. The molecule has 1 aliphatic carbocycles. The Morgan fingerprint density at radius 1 is 1.44 bits per heavy atom. The topological polar surface area (TPSA) is 42.5 Å². The first kappa shape index (κ1) is 12.1. The number of rotatable bonds is 5. The molecule has 2 unspecified atom stereocenters. The normalized spacial score (nSPS) is 29.1. The summed E-state index contributed by atoms with van der Waals surface area (Å²) in [7, 11) is 1.69. The molecule has 16 heavy (non-hydrogen) atoms. The van der Waals surface area contributed by atoms with E-state index in [-0.39, 0.29) is 0 Å². The molecule has 0 bridgehead atoms. The highest BCUT2D eigenvalue weighted by Gasteiger charge is 2.40. The standard InChI is InChI=1S/C11H20N2O2S/c1-14-7-5-12-11(16)13-9-4-6-15-10(9)8-2-3-8/h8-10H,2-7H2,1H3,(H2,12,13,16). The Balaban J connectivity index is 1.69. The lowest BCUT2D eigenvalue weighted by molar-refractivity contribution is 0.0842. The maximum absolute atomic E-state index is 5.74. The maximum atomic E-state index is 5.74. The van der Waals surface area contributed by atoms with Gasteiger partial charge in [-0.1, -0.05) is 0 Å². The first-order valence-corrected chi connectivity index (χ1v) is 6.37. The van der Waals surface area contributed by atoms with Gasteiger partial charge in [-0.15, -0.1) is 0 Å². The predicted octanol–water partition coefficient (Wildman–Crippen LogP) is 0.664. The molecule has 4 nitrogen and oxygen atoms in total. The molecule has 1 saturated carbocycles. The summed E-state index contributed by atoms with van der Waals surface area (Å²) in [5, 5.41) is 7.20. The monoisotopic (exact) mass is 244 g/mol. The number of hydrogen-bond donors (Lipinski definition) is 2. The summed E-state index contributed by atoms with van der Waals surface area (Å²) in [6.07, 6.45) is 4.06. The van der Waals surface area contributed by atoms with Gasteiger partial charge in [-0.25, -0.2) is 0 Å². The van der Waals surface area contributed by atoms with Crippen LogP contribution in [0, 0.1) is 5.92 Å². The highest BCUT2D eigenvalue weighted by Crippen LogP contribution is 2.38. The lowest BCUT2D eigenvalue weighted by Gasteiger charge is -2.21. The van der Waals surface area contributed by atoms with Crippen molar-refractivity contribution in [2.24, 2.45) is 5.92 Å². The summed E-state index contributed by atoms with van der Waals surface area (Å²) >= 11 is 5.23. The van der Waals surface area contributed by atoms with E-state index in [0.717, 1.165) is 30.6 Å². The van der Waals surface area contributed by atoms with Crippen molar-refractivity contribution < 1.29 is 9.47 Å². The third-order valence-electron chi connectivity index (χ3n) is 3.13. The Bertz CT molecular complexity index is 246. The summed E-state index contributed by atoms with van der Waals surface area (Å²) in [6, 6.07) is 0.398. The number of ether oxygens (including phenoxy) is 2. The minimum absolute atomic E-state index is 0.377. The zero-order valence-corrected chi connectivity index (χ0v) is 10.5. The Morgan fingerprint density at radius 2 is 2.25 bits per heavy atom. The molecule has 92 valence electrons. The number of hydrogen-bond acceptors (Lipinski definition) is 3. The highest BCUT2D eigenvalue weighted by molar-refractivity contribution is 7.80. The second-order valence-electron chi connectivity index (χ2n) is 4.46. The molecule has 0 aromatic carbocycles. The van der Waals surface area contributed by atoms with Crippen molar-refractivity contribution >= 4 is 17.3 Å². The van der Waals surface area contributed by atoms with Crippen LogP contribution >= 0.6 is 12.2 Å². The van der Waals surface area contributed by atoms with Crippen molar-refractivity contribution in [3.63, 3.8) is 0 Å². The summed E-state index contributed by atoms with van der Waals surface area (Å²) in [4.78, 5) is 0. The second kappa shape index (κ2) is 5.80. The van der Waals surface area contributed by atoms with Gasteiger partial charge < -0.3 is 20.1 Å². The fraction of sp³-hybridized carbons (Fsp3) is 0.909. The van der Waals surface area contributed by atoms with Gasteiger partial charge in [0.05, 0.1) is 18.8 Å². The minimum atomic E-state index is 0.377. The van der Waals surface area contributed by atoms with Gasteiger partial charge in [0.25, 0.3) is 0 Å². The van der Waals surface area contributed by atoms with E-state index >= 15 is 0 Å². The van der Waals surface area contributed by atoms with Gasteiger partial charge in [0, 0.05) is 20.3 Å². The van der Waals surface area contributed by atoms with Crippen LogP contribution in [0.4, 0.5) is 0 Å². The SMILES string of the molecule is COCCNC(=S)NC1CCOC1C1CC1. The lowest BCUT2D eigenvalue weighted by Crippen LogP contribution is -2.46. The first-order chi connectivity index (χ1) is 7.81. The first-order valence-electron chi connectivity index (χ1n) is 5.96. The van der Waals surface area contributed by atoms with Crippen molar-refractivity contribution in [1.29, 1.82) is 0 Å². The molecule has 2 aliphatic rings. The van der Waals surface area contributed by atoms with Crippen LogP contribution in [0.25, 0.3) is 0 Å². The van der Waals surface area contributed by atoms with Gasteiger partial charge >= 0.3 is 0 Å². The van der Waals surface area contributed by atoms with Gasteiger partial charge in [-0.05, 0) is 37.4 Å². The lowest BCUT2D eigenvalue weighted by atomic mass is 10.1. The van der Waals surface area contributed by atoms with Crippen molar-refractivity contribution in [3.8, 4) is 0 Å². The number of methoxy groups -OCH3 is 1. The van der Waals surface area contributed by atoms with E-state index in [2.05, 4.69) is 10.6 Å². The molecule has 0 radical (unpaired) electrons. The molecule has 2 fully saturated rings. The summed E-state index contributed by atoms with van der Waals surface area (Å²) in [5.41, 5.74) is 0. The molecule has 2 atom stereocenters. The molecule has 0 spiro atoms. The third-order valence-corrected chi connectivity index (χ3v) is 3.39. The molecular formula is C11H20N2O2S. The van der Waals surface area contributed by atoms with Gasteiger partial charge in [-0.3, -0.25) is 0 Å². The Kier molecular flexibility index (Phi) is 4.37. The van der Waals surface area contributed by atoms with Crippen LogP contribution in [0.1, 0.15) is 19.3 Å². The van der Waals surface area contributed by atoms with Crippen LogP contribution in [0.3, 0.4) is 0 Å². The highest BCUT2D eigenvalue weighted by atomic mass is 32.1. The van der Waals surface area contributed by atoms with E-state index in [9.17, 15) is 0 Å². The van der Waals surface area contributed by atoms with E-state index in [4.69, 9.17) is 21.7 Å². The molecule has 2 N–H and O–H groups in total. The van der Waals surface area contributed by atoms with Gasteiger partial charge in [-0.2, -0.15) is 0 Å². The van der Waals surface area contributed by atoms with E-state index in [1.165, 1.54) is 12.8 Å². The van der Waals surface area contributed by atoms with E-state index in [0.29, 0.717) is 18.8 Å². The molecule has 1 saturated heterocycles. The Hall–Kier alpha value is -0.390. The van der Waals surface area contributed by atoms with Crippen LogP contribution < -0.4 is 10.6 Å². The fourth-order valence-electron chi connectivity index (χ4n) is 2.14. The van der Waals surface area contributed by atoms with Crippen LogP contribution in [-0.4, -0.2) is 44.1 Å². The van der Waals surface area contributed by atoms with Crippen LogP contribution in [-0.2, 0) is 9.47 Å². The van der Waals surface area contributed by atoms with Crippen molar-refractivity contribution in [3.05, 3.63) is 0 Å². The van der Waals surface area contributed by atoms with E-state index in [1.54, 1.807) is 7.11 Å². The quantitative estimate of drug-likeness (QED) is 0.549. The molecule has 2 rings (SSSR count). The summed E-state index contributed by atoms with van der Waals surface area (Å²) in [6.45, 7) is 2.29. The van der Waals surface area contributed by atoms with Gasteiger partial charge in [0.1, 0.15) is 0 Å². The van der Waals surface area contributed by atoms with Gasteiger partial charge in [0.15, 0.2) is 5.11 Å². The smallest absolute Gasteiger partial charge is 0.166 e. The Morgan fingerprint density at radius 3 is 2.94 bits per heavy atom. The van der Waals surface area contributed by atoms with Crippen LogP contribution in [0.2, 0.25) is 0 Å². The van der Waals surface area contributed by atoms with E-state index < -0.39 is 0 Å². The largest absolute Gasteiger partial charge is 0.383 e. The molecule has 0 amide bonds. The minimum Gasteiger partial charge on any atom is -0.383 e. The summed E-state index contributed by atoms with van der Waals surface area (Å²) < 4.78 is 10.7. The predicted molar refractivity (Wildman–Crippen MR) is 66.5 cm³/mol. The van der Waals surface area contributed by atoms with E-state index in [1.807, 2.05) is 0 Å². The zero-order chi connectivity index (χ0) is 11.4. The average Bonchev–Trinajstić information content (AvgIpc) is 3.01. The average molecular weight is 244 g/mol. The Labute approximate surface area is 102 Å². The van der Waals surface area contributed by atoms with Crippen molar-refractivity contribution in [1.82, 2.24) is 10.6 Å². The second-order valence-corrected chi connectivity index (χ2v) is 4.87. The molecule has 0 aromatic rings. The fourth-order valence-corrected chi connectivity index (χ4v) is 2.39. The van der Waals surface area contributed by atoms with Crippen LogP contribution in [0.5, 0.6) is 0 Å². The van der Waals surface area contributed by atoms with Crippen molar-refractivity contribution in [2.75, 3.05) is 26.9 Å². The molecule has 1 aliphatic heterocycles. The molecule has 5 heteroatoms. The molecule has 0 aromatic heterocycles. The number of nitrogens with one attached hydrogen (secondary N) is 2. The molecular weight excluding hydrogens is 224 g/mol.